The van der Waals surface area contributed by atoms with Crippen LogP contribution in [0.1, 0.15) is 12.8 Å². The zero-order valence-electron chi connectivity index (χ0n) is 11.1. The van der Waals surface area contributed by atoms with Crippen LogP contribution in [-0.2, 0) is 4.74 Å². The van der Waals surface area contributed by atoms with Crippen molar-refractivity contribution in [2.45, 2.75) is 18.9 Å². The van der Waals surface area contributed by atoms with Crippen molar-refractivity contribution in [2.75, 3.05) is 37.5 Å². The van der Waals surface area contributed by atoms with E-state index in [1.165, 1.54) is 6.07 Å². The maximum Gasteiger partial charge on any atom is 0.311 e. The first kappa shape index (κ1) is 13.5. The van der Waals surface area contributed by atoms with Gasteiger partial charge in [0.2, 0.25) is 5.82 Å². The van der Waals surface area contributed by atoms with Gasteiger partial charge in [0.1, 0.15) is 5.82 Å². The monoisotopic (exact) mass is 266 g/mol. The van der Waals surface area contributed by atoms with Gasteiger partial charge in [0, 0.05) is 33.3 Å². The van der Waals surface area contributed by atoms with Crippen molar-refractivity contribution in [1.29, 1.82) is 0 Å². The predicted molar refractivity (Wildman–Crippen MR) is 72.7 cm³/mol. The zero-order valence-corrected chi connectivity index (χ0v) is 11.1. The van der Waals surface area contributed by atoms with Crippen LogP contribution in [0.15, 0.2) is 12.1 Å². The Morgan fingerprint density at radius 1 is 1.58 bits per heavy atom. The summed E-state index contributed by atoms with van der Waals surface area (Å²) < 4.78 is 5.34. The summed E-state index contributed by atoms with van der Waals surface area (Å²) in [6, 6.07) is 3.10. The van der Waals surface area contributed by atoms with Gasteiger partial charge >= 0.3 is 5.69 Å². The molecule has 0 saturated carbocycles. The summed E-state index contributed by atoms with van der Waals surface area (Å²) in [4.78, 5) is 17.0. The smallest absolute Gasteiger partial charge is 0.311 e. The Morgan fingerprint density at radius 2 is 2.37 bits per heavy atom. The van der Waals surface area contributed by atoms with Gasteiger partial charge in [-0.1, -0.05) is 0 Å². The van der Waals surface area contributed by atoms with Crippen LogP contribution in [-0.4, -0.2) is 43.3 Å². The fraction of sp³-hybridized carbons (Fsp3) is 0.583. The number of aromatic nitrogens is 1. The number of methoxy groups -OCH3 is 1. The molecule has 0 amide bonds. The van der Waals surface area contributed by atoms with E-state index in [0.717, 1.165) is 19.4 Å². The maximum absolute atomic E-state index is 11.1. The fourth-order valence-electron chi connectivity index (χ4n) is 2.28. The molecule has 7 nitrogen and oxygen atoms in total. The van der Waals surface area contributed by atoms with Crippen molar-refractivity contribution in [3.63, 3.8) is 0 Å². The second-order valence-electron chi connectivity index (χ2n) is 4.49. The third-order valence-electron chi connectivity index (χ3n) is 3.32. The van der Waals surface area contributed by atoms with Crippen LogP contribution in [0.2, 0.25) is 0 Å². The van der Waals surface area contributed by atoms with E-state index in [1.807, 2.05) is 4.90 Å². The van der Waals surface area contributed by atoms with Gasteiger partial charge in [0.15, 0.2) is 0 Å². The Labute approximate surface area is 111 Å². The van der Waals surface area contributed by atoms with Gasteiger partial charge < -0.3 is 15.0 Å². The van der Waals surface area contributed by atoms with Crippen molar-refractivity contribution < 1.29 is 9.66 Å². The normalized spacial score (nSPS) is 19.3. The summed E-state index contributed by atoms with van der Waals surface area (Å²) in [5, 5.41) is 14.0. The SMILES string of the molecule is CNc1ccc([N+](=O)[O-])c(N2CCCC(OC)C2)n1. The number of hydrogen-bond acceptors (Lipinski definition) is 6. The molecule has 1 aromatic heterocycles. The van der Waals surface area contributed by atoms with Gasteiger partial charge in [-0.3, -0.25) is 10.1 Å². The molecule has 1 aliphatic heterocycles. The van der Waals surface area contributed by atoms with Crippen LogP contribution in [0.4, 0.5) is 17.3 Å². The number of pyridine rings is 1. The number of nitrogens with one attached hydrogen (secondary N) is 1. The Kier molecular flexibility index (Phi) is 4.16. The van der Waals surface area contributed by atoms with Crippen LogP contribution >= 0.6 is 0 Å². The quantitative estimate of drug-likeness (QED) is 0.659. The van der Waals surface area contributed by atoms with Gasteiger partial charge in [0.05, 0.1) is 11.0 Å². The van der Waals surface area contributed by atoms with Crippen molar-refractivity contribution >= 4 is 17.3 Å². The lowest BCUT2D eigenvalue weighted by molar-refractivity contribution is -0.384. The highest BCUT2D eigenvalue weighted by Crippen LogP contribution is 2.30. The molecule has 1 aliphatic rings. The molecule has 0 radical (unpaired) electrons. The van der Waals surface area contributed by atoms with Crippen molar-refractivity contribution in [1.82, 2.24) is 4.98 Å². The van der Waals surface area contributed by atoms with E-state index < -0.39 is 4.92 Å². The number of anilines is 2. The Hall–Kier alpha value is -1.89. The van der Waals surface area contributed by atoms with E-state index in [0.29, 0.717) is 18.2 Å². The minimum atomic E-state index is -0.391. The molecular weight excluding hydrogens is 248 g/mol. The lowest BCUT2D eigenvalue weighted by Crippen LogP contribution is -2.40. The predicted octanol–water partition coefficient (Wildman–Crippen LogP) is 1.65. The first-order chi connectivity index (χ1) is 9.15. The standard InChI is InChI=1S/C12H18N4O3/c1-13-11-6-5-10(16(17)18)12(14-11)15-7-3-4-9(8-15)19-2/h5-6,9H,3-4,7-8H2,1-2H3,(H,13,14). The molecule has 1 fully saturated rings. The van der Waals surface area contributed by atoms with Crippen LogP contribution in [0.5, 0.6) is 0 Å². The Balaban J connectivity index is 2.32. The summed E-state index contributed by atoms with van der Waals surface area (Å²) >= 11 is 0. The van der Waals surface area contributed by atoms with E-state index in [-0.39, 0.29) is 11.8 Å². The Bertz CT molecular complexity index is 466. The average molecular weight is 266 g/mol. The lowest BCUT2D eigenvalue weighted by atomic mass is 10.1. The van der Waals surface area contributed by atoms with Crippen LogP contribution in [0.3, 0.4) is 0 Å². The van der Waals surface area contributed by atoms with Crippen molar-refractivity contribution in [3.05, 3.63) is 22.2 Å². The molecule has 1 aromatic rings. The number of ether oxygens (including phenoxy) is 1. The number of nitro groups is 1. The van der Waals surface area contributed by atoms with Gasteiger partial charge in [-0.25, -0.2) is 4.98 Å². The highest BCUT2D eigenvalue weighted by molar-refractivity contribution is 5.62. The van der Waals surface area contributed by atoms with Gasteiger partial charge in [-0.2, -0.15) is 0 Å². The molecule has 19 heavy (non-hydrogen) atoms. The molecule has 1 saturated heterocycles. The second-order valence-corrected chi connectivity index (χ2v) is 4.49. The summed E-state index contributed by atoms with van der Waals surface area (Å²) in [5.74, 6) is 1.04. The average Bonchev–Trinajstić information content (AvgIpc) is 2.46. The van der Waals surface area contributed by atoms with Crippen LogP contribution in [0.25, 0.3) is 0 Å². The Morgan fingerprint density at radius 3 is 3.00 bits per heavy atom. The lowest BCUT2D eigenvalue weighted by Gasteiger charge is -2.32. The van der Waals surface area contributed by atoms with Crippen molar-refractivity contribution in [2.24, 2.45) is 0 Å². The third-order valence-corrected chi connectivity index (χ3v) is 3.32. The van der Waals surface area contributed by atoms with Crippen LogP contribution in [0, 0.1) is 10.1 Å². The van der Waals surface area contributed by atoms with Gasteiger partial charge in [-0.15, -0.1) is 0 Å². The molecular formula is C12H18N4O3. The first-order valence-electron chi connectivity index (χ1n) is 6.26. The summed E-state index contributed by atoms with van der Waals surface area (Å²) in [7, 11) is 3.41. The fourth-order valence-corrected chi connectivity index (χ4v) is 2.28. The van der Waals surface area contributed by atoms with Crippen LogP contribution < -0.4 is 10.2 Å². The van der Waals surface area contributed by atoms with Crippen molar-refractivity contribution in [3.8, 4) is 0 Å². The molecule has 1 N–H and O–H groups in total. The molecule has 1 atom stereocenters. The van der Waals surface area contributed by atoms with Gasteiger partial charge in [0.25, 0.3) is 0 Å². The minimum Gasteiger partial charge on any atom is -0.380 e. The van der Waals surface area contributed by atoms with E-state index in [4.69, 9.17) is 4.74 Å². The molecule has 2 heterocycles. The second kappa shape index (κ2) is 5.83. The largest absolute Gasteiger partial charge is 0.380 e. The van der Waals surface area contributed by atoms with E-state index in [2.05, 4.69) is 10.3 Å². The minimum absolute atomic E-state index is 0.0377. The number of nitrogens with zero attached hydrogens (tertiary/aromatic N) is 3. The topological polar surface area (TPSA) is 80.5 Å². The molecule has 1 unspecified atom stereocenters. The van der Waals surface area contributed by atoms with E-state index >= 15 is 0 Å². The van der Waals surface area contributed by atoms with Gasteiger partial charge in [-0.05, 0) is 18.9 Å². The van der Waals surface area contributed by atoms with E-state index in [9.17, 15) is 10.1 Å². The molecule has 2 rings (SSSR count). The molecule has 104 valence electrons. The maximum atomic E-state index is 11.1. The number of rotatable bonds is 4. The molecule has 0 spiro atoms. The number of hydrogen-bond donors (Lipinski definition) is 1. The molecule has 0 aliphatic carbocycles. The summed E-state index contributed by atoms with van der Waals surface area (Å²) in [6.07, 6.45) is 2.03. The van der Waals surface area contributed by atoms with E-state index in [1.54, 1.807) is 20.2 Å². The molecule has 7 heteroatoms. The third kappa shape index (κ3) is 2.93. The number of piperidine rings is 1. The first-order valence-corrected chi connectivity index (χ1v) is 6.26. The zero-order chi connectivity index (χ0) is 13.8. The highest BCUT2D eigenvalue weighted by atomic mass is 16.6. The summed E-state index contributed by atoms with van der Waals surface area (Å²) in [5.41, 5.74) is 0.0377. The molecule has 0 aromatic carbocycles. The molecule has 0 bridgehead atoms. The highest BCUT2D eigenvalue weighted by Gasteiger charge is 2.27. The summed E-state index contributed by atoms with van der Waals surface area (Å²) in [6.45, 7) is 1.40.